The standard InChI is InChI=1S/C11H17NO4/c13-10(5-9-2-1-3-16-9)12-6-8(7-12)4-11(14)15/h8-9H,1-7H2,(H,14,15). The summed E-state index contributed by atoms with van der Waals surface area (Å²) in [5.41, 5.74) is 0. The molecule has 2 aliphatic heterocycles. The molecular formula is C11H17NO4. The Labute approximate surface area is 94.4 Å². The Hall–Kier alpha value is -1.10. The molecule has 1 N–H and O–H groups in total. The average Bonchev–Trinajstić information content (AvgIpc) is 2.62. The quantitative estimate of drug-likeness (QED) is 0.759. The largest absolute Gasteiger partial charge is 0.481 e. The van der Waals surface area contributed by atoms with Gasteiger partial charge in [0.15, 0.2) is 0 Å². The Morgan fingerprint density at radius 1 is 1.31 bits per heavy atom. The van der Waals surface area contributed by atoms with Gasteiger partial charge in [-0.15, -0.1) is 0 Å². The van der Waals surface area contributed by atoms with Crippen LogP contribution in [-0.4, -0.2) is 47.7 Å². The first kappa shape index (κ1) is 11.4. The molecule has 16 heavy (non-hydrogen) atoms. The van der Waals surface area contributed by atoms with Crippen LogP contribution in [0.1, 0.15) is 25.7 Å². The molecule has 1 amide bonds. The minimum Gasteiger partial charge on any atom is -0.481 e. The van der Waals surface area contributed by atoms with Gasteiger partial charge in [0.1, 0.15) is 0 Å². The zero-order chi connectivity index (χ0) is 11.5. The SMILES string of the molecule is O=C(O)CC1CN(C(=O)CC2CCCO2)C1. The van der Waals surface area contributed by atoms with Crippen LogP contribution in [0.15, 0.2) is 0 Å². The summed E-state index contributed by atoms with van der Waals surface area (Å²) in [5.74, 6) is -0.532. The monoisotopic (exact) mass is 227 g/mol. The van der Waals surface area contributed by atoms with Crippen molar-refractivity contribution >= 4 is 11.9 Å². The van der Waals surface area contributed by atoms with Crippen molar-refractivity contribution in [2.45, 2.75) is 31.8 Å². The third-order valence-corrected chi connectivity index (χ3v) is 3.20. The second kappa shape index (κ2) is 4.82. The topological polar surface area (TPSA) is 66.8 Å². The highest BCUT2D eigenvalue weighted by Crippen LogP contribution is 2.22. The fourth-order valence-corrected chi connectivity index (χ4v) is 2.28. The molecule has 1 unspecified atom stereocenters. The van der Waals surface area contributed by atoms with Gasteiger partial charge < -0.3 is 14.7 Å². The van der Waals surface area contributed by atoms with Crippen molar-refractivity contribution < 1.29 is 19.4 Å². The van der Waals surface area contributed by atoms with Crippen LogP contribution >= 0.6 is 0 Å². The molecule has 0 aromatic carbocycles. The maximum Gasteiger partial charge on any atom is 0.303 e. The van der Waals surface area contributed by atoms with E-state index < -0.39 is 5.97 Å². The third kappa shape index (κ3) is 2.72. The first-order chi connectivity index (χ1) is 7.65. The number of rotatable bonds is 4. The summed E-state index contributed by atoms with van der Waals surface area (Å²) in [6.07, 6.45) is 2.73. The van der Waals surface area contributed by atoms with Crippen LogP contribution in [0.4, 0.5) is 0 Å². The summed E-state index contributed by atoms with van der Waals surface area (Å²) >= 11 is 0. The van der Waals surface area contributed by atoms with Crippen molar-refractivity contribution in [2.24, 2.45) is 5.92 Å². The minimum atomic E-state index is -0.781. The van der Waals surface area contributed by atoms with E-state index in [0.717, 1.165) is 19.4 Å². The molecule has 2 saturated heterocycles. The molecule has 2 aliphatic rings. The summed E-state index contributed by atoms with van der Waals surface area (Å²) in [6, 6.07) is 0. The van der Waals surface area contributed by atoms with Crippen molar-refractivity contribution in [3.05, 3.63) is 0 Å². The van der Waals surface area contributed by atoms with E-state index in [9.17, 15) is 9.59 Å². The number of carboxylic acids is 1. The van der Waals surface area contributed by atoms with Gasteiger partial charge in [-0.05, 0) is 12.8 Å². The van der Waals surface area contributed by atoms with Gasteiger partial charge >= 0.3 is 5.97 Å². The highest BCUT2D eigenvalue weighted by molar-refractivity contribution is 5.78. The van der Waals surface area contributed by atoms with Crippen molar-refractivity contribution in [3.63, 3.8) is 0 Å². The summed E-state index contributed by atoms with van der Waals surface area (Å²) in [6.45, 7) is 1.95. The number of carbonyl (C=O) groups is 2. The van der Waals surface area contributed by atoms with Crippen molar-refractivity contribution in [1.29, 1.82) is 0 Å². The summed E-state index contributed by atoms with van der Waals surface area (Å²) in [5, 5.41) is 8.58. The fourth-order valence-electron chi connectivity index (χ4n) is 2.28. The number of nitrogens with zero attached hydrogens (tertiary/aromatic N) is 1. The predicted molar refractivity (Wildman–Crippen MR) is 55.9 cm³/mol. The second-order valence-electron chi connectivity index (χ2n) is 4.60. The van der Waals surface area contributed by atoms with Crippen LogP contribution in [0.2, 0.25) is 0 Å². The maximum absolute atomic E-state index is 11.7. The molecule has 2 fully saturated rings. The summed E-state index contributed by atoms with van der Waals surface area (Å²) in [4.78, 5) is 23.9. The van der Waals surface area contributed by atoms with Gasteiger partial charge in [-0.2, -0.15) is 0 Å². The molecule has 0 radical (unpaired) electrons. The van der Waals surface area contributed by atoms with E-state index in [-0.39, 0.29) is 24.3 Å². The Morgan fingerprint density at radius 3 is 2.62 bits per heavy atom. The molecule has 0 spiro atoms. The first-order valence-corrected chi connectivity index (χ1v) is 5.76. The lowest BCUT2D eigenvalue weighted by atomic mass is 9.95. The van der Waals surface area contributed by atoms with E-state index >= 15 is 0 Å². The number of carboxylic acid groups (broad SMARTS) is 1. The van der Waals surface area contributed by atoms with Gasteiger partial charge in [0.2, 0.25) is 5.91 Å². The molecule has 0 aromatic rings. The van der Waals surface area contributed by atoms with Crippen LogP contribution in [0.25, 0.3) is 0 Å². The van der Waals surface area contributed by atoms with Crippen LogP contribution in [0, 0.1) is 5.92 Å². The molecule has 2 heterocycles. The lowest BCUT2D eigenvalue weighted by Crippen LogP contribution is -2.51. The Bertz CT molecular complexity index is 280. The number of carbonyl (C=O) groups excluding carboxylic acids is 1. The van der Waals surface area contributed by atoms with Crippen LogP contribution in [-0.2, 0) is 14.3 Å². The normalized spacial score (nSPS) is 25.5. The predicted octanol–water partition coefficient (Wildman–Crippen LogP) is 0.489. The molecule has 0 aliphatic carbocycles. The molecule has 90 valence electrons. The van der Waals surface area contributed by atoms with Gasteiger partial charge in [0.05, 0.1) is 18.9 Å². The van der Waals surface area contributed by atoms with E-state index in [1.54, 1.807) is 4.90 Å². The van der Waals surface area contributed by atoms with Crippen molar-refractivity contribution in [1.82, 2.24) is 4.90 Å². The van der Waals surface area contributed by atoms with Gasteiger partial charge in [-0.3, -0.25) is 9.59 Å². The summed E-state index contributed by atoms with van der Waals surface area (Å²) < 4.78 is 5.39. The zero-order valence-corrected chi connectivity index (χ0v) is 9.22. The molecule has 2 rings (SSSR count). The second-order valence-corrected chi connectivity index (χ2v) is 4.60. The Morgan fingerprint density at radius 2 is 2.06 bits per heavy atom. The molecule has 0 aromatic heterocycles. The highest BCUT2D eigenvalue weighted by Gasteiger charge is 2.33. The van der Waals surface area contributed by atoms with Gasteiger partial charge in [-0.1, -0.05) is 0 Å². The van der Waals surface area contributed by atoms with Gasteiger partial charge in [0.25, 0.3) is 0 Å². The van der Waals surface area contributed by atoms with Crippen LogP contribution in [0.3, 0.4) is 0 Å². The minimum absolute atomic E-state index is 0.0889. The fraction of sp³-hybridized carbons (Fsp3) is 0.818. The molecule has 0 saturated carbocycles. The van der Waals surface area contributed by atoms with E-state index in [1.807, 2.05) is 0 Å². The number of aliphatic carboxylic acids is 1. The van der Waals surface area contributed by atoms with Crippen molar-refractivity contribution in [3.8, 4) is 0 Å². The third-order valence-electron chi connectivity index (χ3n) is 3.20. The van der Waals surface area contributed by atoms with Crippen LogP contribution < -0.4 is 0 Å². The van der Waals surface area contributed by atoms with Gasteiger partial charge in [0, 0.05) is 25.6 Å². The number of hydrogen-bond acceptors (Lipinski definition) is 3. The lowest BCUT2D eigenvalue weighted by molar-refractivity contribution is -0.146. The smallest absolute Gasteiger partial charge is 0.303 e. The summed E-state index contributed by atoms with van der Waals surface area (Å²) in [7, 11) is 0. The van der Waals surface area contributed by atoms with Gasteiger partial charge in [-0.25, -0.2) is 0 Å². The molecule has 5 nitrogen and oxygen atoms in total. The van der Waals surface area contributed by atoms with Crippen molar-refractivity contribution in [2.75, 3.05) is 19.7 Å². The zero-order valence-electron chi connectivity index (χ0n) is 9.22. The molecular weight excluding hydrogens is 210 g/mol. The van der Waals surface area contributed by atoms with Crippen LogP contribution in [0.5, 0.6) is 0 Å². The first-order valence-electron chi connectivity index (χ1n) is 5.76. The van der Waals surface area contributed by atoms with E-state index in [2.05, 4.69) is 0 Å². The lowest BCUT2D eigenvalue weighted by Gasteiger charge is -2.39. The Balaban J connectivity index is 1.66. The molecule has 0 bridgehead atoms. The molecule has 5 heteroatoms. The number of likely N-dealkylation sites (tertiary alicyclic amines) is 1. The Kier molecular flexibility index (Phi) is 3.43. The molecule has 1 atom stereocenters. The number of hydrogen-bond donors (Lipinski definition) is 1. The highest BCUT2D eigenvalue weighted by atomic mass is 16.5. The number of ether oxygens (including phenoxy) is 1. The maximum atomic E-state index is 11.7. The number of amides is 1. The van der Waals surface area contributed by atoms with E-state index in [1.165, 1.54) is 0 Å². The van der Waals surface area contributed by atoms with E-state index in [4.69, 9.17) is 9.84 Å². The van der Waals surface area contributed by atoms with E-state index in [0.29, 0.717) is 19.5 Å². The average molecular weight is 227 g/mol.